The van der Waals surface area contributed by atoms with Gasteiger partial charge in [0.25, 0.3) is 0 Å². The van der Waals surface area contributed by atoms with Gasteiger partial charge in [-0.25, -0.2) is 0 Å². The quantitative estimate of drug-likeness (QED) is 0.229. The molecule has 0 spiro atoms. The van der Waals surface area contributed by atoms with Gasteiger partial charge < -0.3 is 10.1 Å². The third kappa shape index (κ3) is 6.40. The Morgan fingerprint density at radius 1 is 0.743 bits per heavy atom. The highest BCUT2D eigenvalue weighted by atomic mass is 31.1. The molecule has 180 valence electrons. The molecule has 0 aliphatic carbocycles. The smallest absolute Gasteiger partial charge is 0.127 e. The molecule has 0 aliphatic rings. The van der Waals surface area contributed by atoms with E-state index < -0.39 is 0 Å². The van der Waals surface area contributed by atoms with Crippen molar-refractivity contribution in [2.24, 2.45) is 0 Å². The lowest BCUT2D eigenvalue weighted by molar-refractivity contribution is 0.297. The molecule has 3 heteroatoms. The molecule has 0 radical (unpaired) electrons. The molecular formula is C32H36NOP. The lowest BCUT2D eigenvalue weighted by atomic mass is 9.92. The fourth-order valence-electron chi connectivity index (χ4n) is 4.50. The van der Waals surface area contributed by atoms with Gasteiger partial charge in [0.2, 0.25) is 0 Å². The molecule has 0 amide bonds. The van der Waals surface area contributed by atoms with Crippen LogP contribution < -0.4 is 15.4 Å². The van der Waals surface area contributed by atoms with Gasteiger partial charge in [0.05, 0.1) is 0 Å². The molecular weight excluding hydrogens is 445 g/mol. The Hall–Kier alpha value is -2.93. The van der Waals surface area contributed by atoms with E-state index in [-0.39, 0.29) is 5.16 Å². The topological polar surface area (TPSA) is 21.3 Å². The van der Waals surface area contributed by atoms with Gasteiger partial charge >= 0.3 is 0 Å². The second-order valence-corrected chi connectivity index (χ2v) is 11.1. The van der Waals surface area contributed by atoms with E-state index in [2.05, 4.69) is 122 Å². The number of benzene rings is 4. The van der Waals surface area contributed by atoms with E-state index in [1.165, 1.54) is 33.1 Å². The zero-order valence-electron chi connectivity index (χ0n) is 21.1. The van der Waals surface area contributed by atoms with Gasteiger partial charge in [-0.05, 0) is 41.0 Å². The first-order valence-corrected chi connectivity index (χ1v) is 13.5. The number of nitrogens with one attached hydrogen (secondary N) is 1. The van der Waals surface area contributed by atoms with Crippen LogP contribution in [0.25, 0.3) is 0 Å². The molecule has 0 aliphatic heterocycles. The Morgan fingerprint density at radius 2 is 1.37 bits per heavy atom. The Morgan fingerprint density at radius 3 is 2.06 bits per heavy atom. The van der Waals surface area contributed by atoms with Crippen molar-refractivity contribution in [2.45, 2.75) is 45.0 Å². The van der Waals surface area contributed by atoms with Crippen molar-refractivity contribution in [1.29, 1.82) is 0 Å². The Labute approximate surface area is 212 Å². The maximum Gasteiger partial charge on any atom is 0.127 e. The standard InChI is InChI=1S/C32H36NOP/c1-4-32(2,35-30-21-12-11-18-28(30)23-33-3)29-20-13-19-27(22-25-14-7-5-8-15-25)31(29)34-24-26-16-9-6-10-17-26/h5-21,33,35H,4,22-24H2,1-3H3. The van der Waals surface area contributed by atoms with Crippen LogP contribution in [0.15, 0.2) is 103 Å². The van der Waals surface area contributed by atoms with Crippen molar-refractivity contribution in [3.8, 4) is 5.75 Å². The van der Waals surface area contributed by atoms with Crippen molar-refractivity contribution >= 4 is 13.9 Å². The summed E-state index contributed by atoms with van der Waals surface area (Å²) in [5.41, 5.74) is 6.42. The number of hydrogen-bond acceptors (Lipinski definition) is 2. The minimum Gasteiger partial charge on any atom is -0.488 e. The molecule has 0 saturated heterocycles. The van der Waals surface area contributed by atoms with Crippen molar-refractivity contribution in [1.82, 2.24) is 5.32 Å². The van der Waals surface area contributed by atoms with Gasteiger partial charge in [-0.2, -0.15) is 0 Å². The van der Waals surface area contributed by atoms with E-state index in [1.807, 2.05) is 7.05 Å². The highest BCUT2D eigenvalue weighted by Crippen LogP contribution is 2.48. The van der Waals surface area contributed by atoms with Crippen LogP contribution >= 0.6 is 8.58 Å². The molecule has 0 saturated carbocycles. The van der Waals surface area contributed by atoms with Crippen LogP contribution in [0.5, 0.6) is 5.75 Å². The number of hydrogen-bond donors (Lipinski definition) is 1. The SMILES string of the molecule is CCC(C)(Pc1ccccc1CNC)c1cccc(Cc2ccccc2)c1OCc1ccccc1. The zero-order valence-corrected chi connectivity index (χ0v) is 22.1. The van der Waals surface area contributed by atoms with E-state index >= 15 is 0 Å². The van der Waals surface area contributed by atoms with E-state index in [9.17, 15) is 0 Å². The molecule has 0 heterocycles. The minimum absolute atomic E-state index is 0.0252. The summed E-state index contributed by atoms with van der Waals surface area (Å²) in [5.74, 6) is 1.04. The summed E-state index contributed by atoms with van der Waals surface area (Å²) in [5, 5.41) is 4.73. The molecule has 4 aromatic carbocycles. The minimum atomic E-state index is -0.0252. The van der Waals surface area contributed by atoms with Crippen molar-refractivity contribution in [3.63, 3.8) is 0 Å². The van der Waals surface area contributed by atoms with E-state index in [0.29, 0.717) is 15.2 Å². The number of para-hydroxylation sites is 1. The van der Waals surface area contributed by atoms with E-state index in [0.717, 1.165) is 25.1 Å². The summed E-state index contributed by atoms with van der Waals surface area (Å²) in [6.45, 7) is 6.16. The maximum absolute atomic E-state index is 6.68. The van der Waals surface area contributed by atoms with Crippen LogP contribution in [0.3, 0.4) is 0 Å². The van der Waals surface area contributed by atoms with Crippen LogP contribution in [-0.2, 0) is 24.7 Å². The van der Waals surface area contributed by atoms with Gasteiger partial charge in [0, 0.05) is 23.7 Å². The predicted octanol–water partition coefficient (Wildman–Crippen LogP) is 7.21. The molecule has 0 fully saturated rings. The first-order valence-electron chi connectivity index (χ1n) is 12.5. The van der Waals surface area contributed by atoms with Crippen LogP contribution in [0.1, 0.15) is 48.1 Å². The molecule has 35 heavy (non-hydrogen) atoms. The lowest BCUT2D eigenvalue weighted by Crippen LogP contribution is -2.23. The number of ether oxygens (including phenoxy) is 1. The van der Waals surface area contributed by atoms with Crippen molar-refractivity contribution in [3.05, 3.63) is 131 Å². The molecule has 2 nitrogen and oxygen atoms in total. The summed E-state index contributed by atoms with van der Waals surface area (Å²) >= 11 is 0. The van der Waals surface area contributed by atoms with Crippen LogP contribution in [0, 0.1) is 0 Å². The third-order valence-corrected chi connectivity index (χ3v) is 8.59. The average molecular weight is 482 g/mol. The molecule has 4 aromatic rings. The first kappa shape index (κ1) is 25.2. The van der Waals surface area contributed by atoms with Gasteiger partial charge in [-0.1, -0.05) is 126 Å². The summed E-state index contributed by atoms with van der Waals surface area (Å²) in [7, 11) is 2.66. The highest BCUT2D eigenvalue weighted by Gasteiger charge is 2.30. The van der Waals surface area contributed by atoms with Gasteiger partial charge in [-0.3, -0.25) is 0 Å². The lowest BCUT2D eigenvalue weighted by Gasteiger charge is -2.33. The fraction of sp³-hybridized carbons (Fsp3) is 0.250. The Kier molecular flexibility index (Phi) is 8.74. The van der Waals surface area contributed by atoms with Crippen LogP contribution in [-0.4, -0.2) is 7.05 Å². The molecule has 2 unspecified atom stereocenters. The first-order chi connectivity index (χ1) is 17.1. The molecule has 1 N–H and O–H groups in total. The van der Waals surface area contributed by atoms with Crippen molar-refractivity contribution in [2.75, 3.05) is 7.05 Å². The van der Waals surface area contributed by atoms with Gasteiger partial charge in [0.1, 0.15) is 12.4 Å². The monoisotopic (exact) mass is 481 g/mol. The van der Waals surface area contributed by atoms with Gasteiger partial charge in [-0.15, -0.1) is 0 Å². The normalized spacial score (nSPS) is 13.1. The Balaban J connectivity index is 1.74. The fourth-order valence-corrected chi connectivity index (χ4v) is 6.12. The van der Waals surface area contributed by atoms with Crippen LogP contribution in [0.4, 0.5) is 0 Å². The highest BCUT2D eigenvalue weighted by molar-refractivity contribution is 7.48. The predicted molar refractivity (Wildman–Crippen MR) is 151 cm³/mol. The second kappa shape index (κ2) is 12.2. The van der Waals surface area contributed by atoms with E-state index in [4.69, 9.17) is 4.74 Å². The third-order valence-electron chi connectivity index (χ3n) is 6.66. The summed E-state index contributed by atoms with van der Waals surface area (Å²) in [6, 6.07) is 36.7. The summed E-state index contributed by atoms with van der Waals surface area (Å²) < 4.78 is 6.68. The molecule has 2 atom stereocenters. The summed E-state index contributed by atoms with van der Waals surface area (Å²) in [4.78, 5) is 0. The zero-order chi connectivity index (χ0) is 24.5. The van der Waals surface area contributed by atoms with Crippen molar-refractivity contribution < 1.29 is 4.74 Å². The molecule has 0 bridgehead atoms. The summed E-state index contributed by atoms with van der Waals surface area (Å²) in [6.07, 6.45) is 1.90. The van der Waals surface area contributed by atoms with Gasteiger partial charge in [0.15, 0.2) is 0 Å². The largest absolute Gasteiger partial charge is 0.488 e. The van der Waals surface area contributed by atoms with E-state index in [1.54, 1.807) is 0 Å². The number of rotatable bonds is 11. The maximum atomic E-state index is 6.68. The molecule has 4 rings (SSSR count). The Bertz CT molecular complexity index is 1210. The average Bonchev–Trinajstić information content (AvgIpc) is 2.90. The second-order valence-electron chi connectivity index (χ2n) is 9.23. The molecule has 0 aromatic heterocycles. The van der Waals surface area contributed by atoms with Crippen LogP contribution in [0.2, 0.25) is 0 Å².